The number of nitrogens with zero attached hydrogens (tertiary/aromatic N) is 1. The van der Waals surface area contributed by atoms with Crippen LogP contribution in [0.3, 0.4) is 0 Å². The van der Waals surface area contributed by atoms with E-state index in [4.69, 9.17) is 9.47 Å². The molecule has 0 bridgehead atoms. The van der Waals surface area contributed by atoms with Gasteiger partial charge in [-0.05, 0) is 50.8 Å². The molecule has 1 aliphatic carbocycles. The number of amides is 1. The van der Waals surface area contributed by atoms with Gasteiger partial charge in [-0.3, -0.25) is 4.79 Å². The summed E-state index contributed by atoms with van der Waals surface area (Å²) in [6.45, 7) is 5.61. The van der Waals surface area contributed by atoms with Crippen molar-refractivity contribution in [3.63, 3.8) is 0 Å². The lowest BCUT2D eigenvalue weighted by Gasteiger charge is -2.27. The van der Waals surface area contributed by atoms with Gasteiger partial charge in [0.1, 0.15) is 0 Å². The van der Waals surface area contributed by atoms with Crippen molar-refractivity contribution in [2.45, 2.75) is 51.9 Å². The third kappa shape index (κ3) is 6.24. The Morgan fingerprint density at radius 2 is 1.83 bits per heavy atom. The van der Waals surface area contributed by atoms with Crippen molar-refractivity contribution in [1.82, 2.24) is 4.90 Å². The monoisotopic (exact) mass is 383 g/mol. The first-order valence-corrected chi connectivity index (χ1v) is 9.20. The van der Waals surface area contributed by atoms with Crippen molar-refractivity contribution in [3.8, 4) is 0 Å². The van der Waals surface area contributed by atoms with Gasteiger partial charge in [-0.2, -0.15) is 0 Å². The Kier molecular flexibility index (Phi) is 7.53. The van der Waals surface area contributed by atoms with Crippen LogP contribution in [0.25, 0.3) is 0 Å². The van der Waals surface area contributed by atoms with Gasteiger partial charge in [-0.25, -0.2) is 0 Å². The normalized spacial score (nSPS) is 14.3. The molecule has 2 rings (SSSR count). The average molecular weight is 384 g/mol. The van der Waals surface area contributed by atoms with Gasteiger partial charge in [-0.1, -0.05) is 28.1 Å². The van der Waals surface area contributed by atoms with E-state index in [0.29, 0.717) is 32.2 Å². The highest BCUT2D eigenvalue weighted by molar-refractivity contribution is 9.10. The van der Waals surface area contributed by atoms with Crippen LogP contribution in [0.1, 0.15) is 38.7 Å². The summed E-state index contributed by atoms with van der Waals surface area (Å²) in [7, 11) is 0. The van der Waals surface area contributed by atoms with Crippen LogP contribution in [-0.4, -0.2) is 42.9 Å². The second-order valence-electron chi connectivity index (χ2n) is 5.74. The lowest BCUT2D eigenvalue weighted by atomic mass is 10.1. The van der Waals surface area contributed by atoms with E-state index < -0.39 is 0 Å². The van der Waals surface area contributed by atoms with E-state index in [2.05, 4.69) is 28.1 Å². The molecule has 0 aromatic heterocycles. The zero-order valence-electron chi connectivity index (χ0n) is 14.0. The Labute approximate surface area is 147 Å². The summed E-state index contributed by atoms with van der Waals surface area (Å²) in [5.74, 6) is 0.194. The maximum absolute atomic E-state index is 12.6. The summed E-state index contributed by atoms with van der Waals surface area (Å²) in [6, 6.07) is 8.51. The first-order chi connectivity index (χ1) is 11.1. The van der Waals surface area contributed by atoms with Gasteiger partial charge in [0, 0.05) is 30.1 Å². The highest BCUT2D eigenvalue weighted by Crippen LogP contribution is 2.28. The smallest absolute Gasteiger partial charge is 0.223 e. The topological polar surface area (TPSA) is 38.8 Å². The van der Waals surface area contributed by atoms with E-state index >= 15 is 0 Å². The largest absolute Gasteiger partial charge is 0.351 e. The molecule has 128 valence electrons. The van der Waals surface area contributed by atoms with Gasteiger partial charge in [-0.15, -0.1) is 0 Å². The van der Waals surface area contributed by atoms with E-state index in [1.54, 1.807) is 0 Å². The van der Waals surface area contributed by atoms with Crippen LogP contribution >= 0.6 is 15.9 Å². The van der Waals surface area contributed by atoms with Gasteiger partial charge in [0.05, 0.1) is 6.54 Å². The molecule has 0 heterocycles. The first-order valence-electron chi connectivity index (χ1n) is 8.41. The number of aryl methyl sites for hydroxylation is 1. The fourth-order valence-electron chi connectivity index (χ4n) is 2.57. The Morgan fingerprint density at radius 3 is 2.35 bits per heavy atom. The molecule has 0 radical (unpaired) electrons. The molecule has 1 amide bonds. The minimum absolute atomic E-state index is 0.194. The number of carbonyl (C=O) groups is 1. The molecular weight excluding hydrogens is 358 g/mol. The van der Waals surface area contributed by atoms with E-state index in [9.17, 15) is 4.79 Å². The summed E-state index contributed by atoms with van der Waals surface area (Å²) in [5.41, 5.74) is 1.18. The maximum Gasteiger partial charge on any atom is 0.223 e. The highest BCUT2D eigenvalue weighted by Gasteiger charge is 2.34. The van der Waals surface area contributed by atoms with E-state index in [-0.39, 0.29) is 12.2 Å². The highest BCUT2D eigenvalue weighted by atomic mass is 79.9. The van der Waals surface area contributed by atoms with E-state index in [1.165, 1.54) is 5.56 Å². The molecule has 4 nitrogen and oxygen atoms in total. The van der Waals surface area contributed by atoms with Crippen LogP contribution < -0.4 is 0 Å². The molecule has 1 fully saturated rings. The minimum atomic E-state index is -0.317. The molecule has 1 aromatic carbocycles. The molecule has 0 N–H and O–H groups in total. The number of hydrogen-bond acceptors (Lipinski definition) is 3. The molecule has 1 aliphatic rings. The molecule has 5 heteroatoms. The van der Waals surface area contributed by atoms with Crippen LogP contribution in [-0.2, 0) is 20.7 Å². The summed E-state index contributed by atoms with van der Waals surface area (Å²) < 4.78 is 12.2. The molecule has 0 atom stereocenters. The predicted molar refractivity (Wildman–Crippen MR) is 94.2 cm³/mol. The van der Waals surface area contributed by atoms with Crippen molar-refractivity contribution in [3.05, 3.63) is 34.3 Å². The molecule has 1 saturated carbocycles. The molecule has 0 saturated heterocycles. The van der Waals surface area contributed by atoms with Crippen LogP contribution in [0.2, 0.25) is 0 Å². The molecule has 0 spiro atoms. The van der Waals surface area contributed by atoms with Gasteiger partial charge in [0.25, 0.3) is 0 Å². The van der Waals surface area contributed by atoms with Crippen LogP contribution in [0, 0.1) is 0 Å². The van der Waals surface area contributed by atoms with Crippen LogP contribution in [0.15, 0.2) is 28.7 Å². The Morgan fingerprint density at radius 1 is 1.22 bits per heavy atom. The standard InChI is InChI=1S/C18H26BrNO3/c1-3-22-18(23-4-2)13-20(16-10-11-16)17(21)12-7-14-5-8-15(19)9-6-14/h5-6,8-9,16,18H,3-4,7,10-13H2,1-2H3. The fourth-order valence-corrected chi connectivity index (χ4v) is 2.84. The summed E-state index contributed by atoms with van der Waals surface area (Å²) in [4.78, 5) is 14.6. The third-order valence-corrected chi connectivity index (χ3v) is 4.43. The minimum Gasteiger partial charge on any atom is -0.351 e. The second kappa shape index (κ2) is 9.40. The Bertz CT molecular complexity index is 482. The Hall–Kier alpha value is -0.910. The molecule has 1 aromatic rings. The van der Waals surface area contributed by atoms with Crippen molar-refractivity contribution in [2.75, 3.05) is 19.8 Å². The molecule has 0 aliphatic heterocycles. The van der Waals surface area contributed by atoms with Gasteiger partial charge in [0.15, 0.2) is 6.29 Å². The second-order valence-corrected chi connectivity index (χ2v) is 6.66. The van der Waals surface area contributed by atoms with Crippen molar-refractivity contribution >= 4 is 21.8 Å². The summed E-state index contributed by atoms with van der Waals surface area (Å²) in [5, 5.41) is 0. The van der Waals surface area contributed by atoms with Gasteiger partial charge in [0.2, 0.25) is 5.91 Å². The summed E-state index contributed by atoms with van der Waals surface area (Å²) >= 11 is 3.43. The zero-order chi connectivity index (χ0) is 16.7. The number of benzene rings is 1. The molecule has 0 unspecified atom stereocenters. The fraction of sp³-hybridized carbons (Fsp3) is 0.611. The maximum atomic E-state index is 12.6. The number of hydrogen-bond donors (Lipinski definition) is 0. The first kappa shape index (κ1) is 18.4. The van der Waals surface area contributed by atoms with E-state index in [1.807, 2.05) is 30.9 Å². The van der Waals surface area contributed by atoms with Crippen molar-refractivity contribution in [2.24, 2.45) is 0 Å². The number of rotatable bonds is 10. The van der Waals surface area contributed by atoms with Crippen LogP contribution in [0.5, 0.6) is 0 Å². The number of carbonyl (C=O) groups excluding carboxylic acids is 1. The number of ether oxygens (including phenoxy) is 2. The third-order valence-electron chi connectivity index (χ3n) is 3.90. The van der Waals surface area contributed by atoms with Gasteiger partial charge >= 0.3 is 0 Å². The zero-order valence-corrected chi connectivity index (χ0v) is 15.5. The van der Waals surface area contributed by atoms with Gasteiger partial charge < -0.3 is 14.4 Å². The van der Waals surface area contributed by atoms with E-state index in [0.717, 1.165) is 23.7 Å². The summed E-state index contributed by atoms with van der Waals surface area (Å²) in [6.07, 6.45) is 3.17. The van der Waals surface area contributed by atoms with Crippen LogP contribution in [0.4, 0.5) is 0 Å². The molecule has 23 heavy (non-hydrogen) atoms. The SMILES string of the molecule is CCOC(CN(C(=O)CCc1ccc(Br)cc1)C1CC1)OCC. The number of halogens is 1. The quantitative estimate of drug-likeness (QED) is 0.577. The Balaban J connectivity index is 1.88. The molecular formula is C18H26BrNO3. The lowest BCUT2D eigenvalue weighted by molar-refractivity contribution is -0.159. The van der Waals surface area contributed by atoms with Crippen molar-refractivity contribution < 1.29 is 14.3 Å². The predicted octanol–water partition coefficient (Wildman–Crippen LogP) is 3.77. The average Bonchev–Trinajstić information content (AvgIpc) is 3.37. The lowest BCUT2D eigenvalue weighted by Crippen LogP contribution is -2.41. The van der Waals surface area contributed by atoms with Crippen molar-refractivity contribution in [1.29, 1.82) is 0 Å².